The van der Waals surface area contributed by atoms with Crippen molar-refractivity contribution in [1.29, 1.82) is 5.26 Å². The first-order valence-electron chi connectivity index (χ1n) is 7.22. The number of ether oxygens (including phenoxy) is 1. The second kappa shape index (κ2) is 4.71. The van der Waals surface area contributed by atoms with Crippen molar-refractivity contribution in [3.8, 4) is 6.07 Å². The summed E-state index contributed by atoms with van der Waals surface area (Å²) in [6.07, 6.45) is 6.51. The van der Waals surface area contributed by atoms with E-state index in [0.717, 1.165) is 12.0 Å². The van der Waals surface area contributed by atoms with E-state index < -0.39 is 0 Å². The Morgan fingerprint density at radius 3 is 2.85 bits per heavy atom. The SMILES string of the molecule is CC1=CCC2CC1C(c1ccc(C#N)nc1)OC2(C)C. The number of allylic oxidation sites excluding steroid dienone is 1. The van der Waals surface area contributed by atoms with Gasteiger partial charge in [-0.2, -0.15) is 5.26 Å². The maximum atomic E-state index is 8.85. The van der Waals surface area contributed by atoms with Gasteiger partial charge in [0.2, 0.25) is 0 Å². The predicted molar refractivity (Wildman–Crippen MR) is 76.8 cm³/mol. The lowest BCUT2D eigenvalue weighted by molar-refractivity contribution is -0.166. The van der Waals surface area contributed by atoms with Crippen LogP contribution in [0.5, 0.6) is 0 Å². The fraction of sp³-hybridized carbons (Fsp3) is 0.529. The zero-order chi connectivity index (χ0) is 14.3. The number of aromatic nitrogens is 1. The van der Waals surface area contributed by atoms with Crippen LogP contribution < -0.4 is 0 Å². The maximum Gasteiger partial charge on any atom is 0.140 e. The standard InChI is InChI=1S/C17H20N2O/c1-11-4-6-13-8-15(11)16(20-17(13,2)3)12-5-7-14(9-18)19-10-12/h4-5,7,10,13,15-16H,6,8H2,1-3H3. The highest BCUT2D eigenvalue weighted by Crippen LogP contribution is 2.50. The lowest BCUT2D eigenvalue weighted by Gasteiger charge is -2.49. The normalized spacial score (nSPS) is 31.3. The van der Waals surface area contributed by atoms with Crippen molar-refractivity contribution >= 4 is 0 Å². The molecule has 1 saturated heterocycles. The summed E-state index contributed by atoms with van der Waals surface area (Å²) in [5, 5.41) is 8.85. The van der Waals surface area contributed by atoms with E-state index in [4.69, 9.17) is 10.00 Å². The molecule has 1 fully saturated rings. The van der Waals surface area contributed by atoms with Gasteiger partial charge in [0.1, 0.15) is 11.8 Å². The first-order chi connectivity index (χ1) is 9.51. The third-order valence-corrected chi connectivity index (χ3v) is 4.86. The molecule has 0 radical (unpaired) electrons. The molecule has 20 heavy (non-hydrogen) atoms. The number of nitrogens with zero attached hydrogens (tertiary/aromatic N) is 2. The average Bonchev–Trinajstić information content (AvgIpc) is 2.45. The molecule has 3 unspecified atom stereocenters. The van der Waals surface area contributed by atoms with Crippen LogP contribution in [-0.4, -0.2) is 10.6 Å². The summed E-state index contributed by atoms with van der Waals surface area (Å²) in [7, 11) is 0. The van der Waals surface area contributed by atoms with Crippen molar-refractivity contribution in [3.63, 3.8) is 0 Å². The summed E-state index contributed by atoms with van der Waals surface area (Å²) in [5.41, 5.74) is 2.85. The topological polar surface area (TPSA) is 45.9 Å². The molecule has 1 aliphatic heterocycles. The minimum Gasteiger partial charge on any atom is -0.367 e. The van der Waals surface area contributed by atoms with Crippen LogP contribution in [0.25, 0.3) is 0 Å². The summed E-state index contributed by atoms with van der Waals surface area (Å²) in [5.74, 6) is 1.04. The molecule has 2 aliphatic rings. The summed E-state index contributed by atoms with van der Waals surface area (Å²) in [4.78, 5) is 4.19. The monoisotopic (exact) mass is 268 g/mol. The van der Waals surface area contributed by atoms with Gasteiger partial charge in [-0.25, -0.2) is 4.98 Å². The van der Waals surface area contributed by atoms with E-state index in [0.29, 0.717) is 17.5 Å². The Balaban J connectivity index is 1.96. The van der Waals surface area contributed by atoms with E-state index in [1.54, 1.807) is 12.3 Å². The molecule has 3 nitrogen and oxygen atoms in total. The van der Waals surface area contributed by atoms with Gasteiger partial charge in [-0.05, 0) is 51.2 Å². The summed E-state index contributed by atoms with van der Waals surface area (Å²) >= 11 is 0. The fourth-order valence-corrected chi connectivity index (χ4v) is 3.44. The Hall–Kier alpha value is -1.66. The van der Waals surface area contributed by atoms with Gasteiger partial charge in [0.05, 0.1) is 11.7 Å². The van der Waals surface area contributed by atoms with Gasteiger partial charge in [0, 0.05) is 12.1 Å². The average molecular weight is 268 g/mol. The minimum absolute atomic E-state index is 0.0537. The molecule has 3 heteroatoms. The smallest absolute Gasteiger partial charge is 0.140 e. The Labute approximate surface area is 120 Å². The Morgan fingerprint density at radius 2 is 2.20 bits per heavy atom. The van der Waals surface area contributed by atoms with Crippen LogP contribution in [0.4, 0.5) is 0 Å². The van der Waals surface area contributed by atoms with E-state index in [1.807, 2.05) is 6.07 Å². The molecule has 1 aromatic heterocycles. The third kappa shape index (κ3) is 2.14. The van der Waals surface area contributed by atoms with Crippen LogP contribution in [-0.2, 0) is 4.74 Å². The van der Waals surface area contributed by atoms with Crippen LogP contribution in [0.2, 0.25) is 0 Å². The van der Waals surface area contributed by atoms with Gasteiger partial charge >= 0.3 is 0 Å². The van der Waals surface area contributed by atoms with E-state index in [-0.39, 0.29) is 11.7 Å². The Bertz CT molecular complexity index is 580. The number of nitriles is 1. The first kappa shape index (κ1) is 13.3. The van der Waals surface area contributed by atoms with Crippen molar-refractivity contribution in [2.45, 2.75) is 45.3 Å². The number of rotatable bonds is 1. The van der Waals surface area contributed by atoms with Gasteiger partial charge in [0.15, 0.2) is 0 Å². The van der Waals surface area contributed by atoms with Gasteiger partial charge in [-0.3, -0.25) is 0 Å². The van der Waals surface area contributed by atoms with E-state index in [9.17, 15) is 0 Å². The number of fused-ring (bicyclic) bond motifs is 2. The van der Waals surface area contributed by atoms with E-state index >= 15 is 0 Å². The molecule has 0 saturated carbocycles. The second-order valence-electron chi connectivity index (χ2n) is 6.45. The summed E-state index contributed by atoms with van der Waals surface area (Å²) < 4.78 is 6.41. The number of hydrogen-bond acceptors (Lipinski definition) is 3. The van der Waals surface area contributed by atoms with Crippen LogP contribution >= 0.6 is 0 Å². The molecule has 2 bridgehead atoms. The highest BCUT2D eigenvalue weighted by molar-refractivity contribution is 5.28. The molecule has 0 amide bonds. The van der Waals surface area contributed by atoms with Crippen molar-refractivity contribution in [3.05, 3.63) is 41.2 Å². The van der Waals surface area contributed by atoms with Crippen molar-refractivity contribution < 1.29 is 4.74 Å². The number of hydrogen-bond donors (Lipinski definition) is 0. The minimum atomic E-state index is -0.105. The second-order valence-corrected chi connectivity index (χ2v) is 6.45. The van der Waals surface area contributed by atoms with Gasteiger partial charge in [-0.15, -0.1) is 0 Å². The van der Waals surface area contributed by atoms with E-state index in [1.165, 1.54) is 12.0 Å². The highest BCUT2D eigenvalue weighted by Gasteiger charge is 2.45. The molecule has 0 spiro atoms. The zero-order valence-corrected chi connectivity index (χ0v) is 12.3. The molecule has 2 heterocycles. The predicted octanol–water partition coefficient (Wildman–Crippen LogP) is 3.78. The van der Waals surface area contributed by atoms with Crippen molar-refractivity contribution in [2.75, 3.05) is 0 Å². The first-order valence-corrected chi connectivity index (χ1v) is 7.22. The van der Waals surface area contributed by atoms with Crippen LogP contribution in [0.3, 0.4) is 0 Å². The molecule has 1 aliphatic carbocycles. The third-order valence-electron chi connectivity index (χ3n) is 4.86. The molecule has 0 N–H and O–H groups in total. The molecular formula is C17H20N2O. The van der Waals surface area contributed by atoms with Crippen molar-refractivity contribution in [2.24, 2.45) is 11.8 Å². The van der Waals surface area contributed by atoms with Crippen LogP contribution in [0.15, 0.2) is 30.0 Å². The lowest BCUT2D eigenvalue weighted by Crippen LogP contribution is -2.45. The molecule has 3 atom stereocenters. The largest absolute Gasteiger partial charge is 0.367 e. The van der Waals surface area contributed by atoms with Gasteiger partial charge in [-0.1, -0.05) is 17.7 Å². The molecule has 0 aromatic carbocycles. The Morgan fingerprint density at radius 1 is 1.40 bits per heavy atom. The number of pyridine rings is 1. The lowest BCUT2D eigenvalue weighted by atomic mass is 9.69. The molecule has 3 rings (SSSR count). The van der Waals surface area contributed by atoms with E-state index in [2.05, 4.69) is 37.9 Å². The van der Waals surface area contributed by atoms with Gasteiger partial charge < -0.3 is 4.74 Å². The quantitative estimate of drug-likeness (QED) is 0.728. The van der Waals surface area contributed by atoms with Crippen molar-refractivity contribution in [1.82, 2.24) is 4.98 Å². The zero-order valence-electron chi connectivity index (χ0n) is 12.3. The molecule has 104 valence electrons. The van der Waals surface area contributed by atoms with Gasteiger partial charge in [0.25, 0.3) is 0 Å². The maximum absolute atomic E-state index is 8.85. The molecule has 1 aromatic rings. The van der Waals surface area contributed by atoms with Crippen LogP contribution in [0.1, 0.15) is 51.0 Å². The summed E-state index contributed by atoms with van der Waals surface area (Å²) in [6, 6.07) is 5.82. The Kier molecular flexibility index (Phi) is 3.14. The molecular weight excluding hydrogens is 248 g/mol. The van der Waals surface area contributed by atoms with Crippen LogP contribution in [0, 0.1) is 23.2 Å². The fourth-order valence-electron chi connectivity index (χ4n) is 3.44. The highest BCUT2D eigenvalue weighted by atomic mass is 16.5. The summed E-state index contributed by atoms with van der Waals surface area (Å²) in [6.45, 7) is 6.57.